The predicted octanol–water partition coefficient (Wildman–Crippen LogP) is 2.62. The summed E-state index contributed by atoms with van der Waals surface area (Å²) in [7, 11) is 1.59. The van der Waals surface area contributed by atoms with Gasteiger partial charge in [-0.1, -0.05) is 24.3 Å². The van der Waals surface area contributed by atoms with Gasteiger partial charge in [-0.3, -0.25) is 4.90 Å². The molecule has 0 bridgehead atoms. The van der Waals surface area contributed by atoms with Gasteiger partial charge in [-0.2, -0.15) is 13.2 Å². The zero-order valence-corrected chi connectivity index (χ0v) is 15.1. The number of carboxylic acids is 1. The van der Waals surface area contributed by atoms with Crippen LogP contribution in [-0.2, 0) is 16.1 Å². The molecule has 1 aliphatic heterocycles. The summed E-state index contributed by atoms with van der Waals surface area (Å²) in [5.74, 6) is -2.23. The van der Waals surface area contributed by atoms with Crippen LogP contribution in [0.25, 0.3) is 11.3 Å². The lowest BCUT2D eigenvalue weighted by molar-refractivity contribution is -0.192. The van der Waals surface area contributed by atoms with Gasteiger partial charge in [0.05, 0.1) is 26.0 Å². The highest BCUT2D eigenvalue weighted by molar-refractivity contribution is 5.73. The predicted molar refractivity (Wildman–Crippen MR) is 93.8 cm³/mol. The molecule has 10 heteroatoms. The average Bonchev–Trinajstić information content (AvgIpc) is 2.69. The fourth-order valence-corrected chi connectivity index (χ4v) is 2.48. The summed E-state index contributed by atoms with van der Waals surface area (Å²) in [6.45, 7) is 4.48. The highest BCUT2D eigenvalue weighted by atomic mass is 19.4. The Balaban J connectivity index is 0.000000345. The molecule has 7 nitrogen and oxygen atoms in total. The Morgan fingerprint density at radius 2 is 1.82 bits per heavy atom. The van der Waals surface area contributed by atoms with Crippen molar-refractivity contribution in [2.24, 2.45) is 0 Å². The van der Waals surface area contributed by atoms with E-state index in [0.29, 0.717) is 5.88 Å². The minimum atomic E-state index is -5.08. The van der Waals surface area contributed by atoms with Crippen molar-refractivity contribution in [1.82, 2.24) is 15.1 Å². The third-order valence-corrected chi connectivity index (χ3v) is 3.88. The van der Waals surface area contributed by atoms with Gasteiger partial charge in [0.2, 0.25) is 5.88 Å². The van der Waals surface area contributed by atoms with Gasteiger partial charge in [-0.05, 0) is 11.6 Å². The van der Waals surface area contributed by atoms with Crippen LogP contribution in [0.15, 0.2) is 36.4 Å². The summed E-state index contributed by atoms with van der Waals surface area (Å²) in [6.07, 6.45) is -5.08. The largest absolute Gasteiger partial charge is 0.490 e. The molecule has 0 saturated carbocycles. The molecule has 0 spiro atoms. The number of morpholine rings is 1. The van der Waals surface area contributed by atoms with Crippen molar-refractivity contribution >= 4 is 5.97 Å². The normalized spacial score (nSPS) is 14.7. The topological polar surface area (TPSA) is 84.8 Å². The SMILES string of the molecule is COc1ccc(-c2ccccc2CN2CCOCC2)nn1.O=C(O)C(F)(F)F. The molecular weight excluding hydrogens is 379 g/mol. The molecule has 0 aliphatic carbocycles. The molecule has 0 radical (unpaired) electrons. The molecule has 1 N–H and O–H groups in total. The van der Waals surface area contributed by atoms with Crippen LogP contribution in [0.3, 0.4) is 0 Å². The van der Waals surface area contributed by atoms with Gasteiger partial charge in [0.15, 0.2) is 0 Å². The van der Waals surface area contributed by atoms with E-state index in [-0.39, 0.29) is 0 Å². The van der Waals surface area contributed by atoms with Crippen molar-refractivity contribution < 1.29 is 32.5 Å². The number of carboxylic acid groups (broad SMARTS) is 1. The van der Waals surface area contributed by atoms with Crippen LogP contribution in [0.1, 0.15) is 5.56 Å². The molecule has 1 aromatic heterocycles. The van der Waals surface area contributed by atoms with Crippen molar-refractivity contribution in [1.29, 1.82) is 0 Å². The van der Waals surface area contributed by atoms with Crippen LogP contribution in [0.5, 0.6) is 5.88 Å². The van der Waals surface area contributed by atoms with Gasteiger partial charge >= 0.3 is 12.1 Å². The van der Waals surface area contributed by atoms with E-state index in [9.17, 15) is 13.2 Å². The molecule has 2 aromatic rings. The maximum absolute atomic E-state index is 10.6. The molecule has 1 saturated heterocycles. The molecule has 0 atom stereocenters. The van der Waals surface area contributed by atoms with Crippen LogP contribution in [0, 0.1) is 0 Å². The second kappa shape index (κ2) is 10.00. The van der Waals surface area contributed by atoms with Crippen LogP contribution in [0.4, 0.5) is 13.2 Å². The molecule has 0 amide bonds. The highest BCUT2D eigenvalue weighted by Crippen LogP contribution is 2.23. The van der Waals surface area contributed by atoms with Crippen molar-refractivity contribution in [3.05, 3.63) is 42.0 Å². The Morgan fingerprint density at radius 1 is 1.18 bits per heavy atom. The number of methoxy groups -OCH3 is 1. The standard InChI is InChI=1S/C16H19N3O2.C2HF3O2/c1-20-16-7-6-15(17-18-16)14-5-3-2-4-13(14)12-19-8-10-21-11-9-19;3-2(4,5)1(6)7/h2-7H,8-12H2,1H3;(H,6,7). The fraction of sp³-hybridized carbons (Fsp3) is 0.389. The Morgan fingerprint density at radius 3 is 2.36 bits per heavy atom. The molecule has 28 heavy (non-hydrogen) atoms. The van der Waals surface area contributed by atoms with Gasteiger partial charge in [-0.15, -0.1) is 10.2 Å². The monoisotopic (exact) mass is 399 g/mol. The number of aromatic nitrogens is 2. The molecule has 0 unspecified atom stereocenters. The summed E-state index contributed by atoms with van der Waals surface area (Å²) in [5, 5.41) is 15.4. The Kier molecular flexibility index (Phi) is 7.70. The minimum absolute atomic E-state index is 0.532. The quantitative estimate of drug-likeness (QED) is 0.846. The lowest BCUT2D eigenvalue weighted by Gasteiger charge is -2.27. The van der Waals surface area contributed by atoms with Gasteiger partial charge < -0.3 is 14.6 Å². The minimum Gasteiger partial charge on any atom is -0.480 e. The zero-order chi connectivity index (χ0) is 20.6. The first-order valence-corrected chi connectivity index (χ1v) is 8.37. The third kappa shape index (κ3) is 6.46. The Hall–Kier alpha value is -2.72. The first-order valence-electron chi connectivity index (χ1n) is 8.37. The number of hydrogen-bond donors (Lipinski definition) is 1. The number of hydrogen-bond acceptors (Lipinski definition) is 6. The molecular formula is C18H20F3N3O4. The summed E-state index contributed by atoms with van der Waals surface area (Å²) in [5.41, 5.74) is 3.26. The summed E-state index contributed by atoms with van der Waals surface area (Å²) in [6, 6.07) is 12.1. The summed E-state index contributed by atoms with van der Waals surface area (Å²) >= 11 is 0. The first-order chi connectivity index (χ1) is 13.3. The number of halogens is 3. The molecule has 3 rings (SSSR count). The smallest absolute Gasteiger partial charge is 0.480 e. The lowest BCUT2D eigenvalue weighted by Crippen LogP contribution is -2.35. The van der Waals surface area contributed by atoms with E-state index in [2.05, 4.69) is 33.3 Å². The fourth-order valence-electron chi connectivity index (χ4n) is 2.48. The Labute approximate surface area is 159 Å². The highest BCUT2D eigenvalue weighted by Gasteiger charge is 2.38. The van der Waals surface area contributed by atoms with Crippen molar-refractivity contribution in [2.75, 3.05) is 33.4 Å². The first kappa shape index (κ1) is 21.6. The Bertz CT molecular complexity index is 763. The third-order valence-electron chi connectivity index (χ3n) is 3.88. The van der Waals surface area contributed by atoms with E-state index >= 15 is 0 Å². The second-order valence-corrected chi connectivity index (χ2v) is 5.81. The zero-order valence-electron chi connectivity index (χ0n) is 15.1. The summed E-state index contributed by atoms with van der Waals surface area (Å²) < 4.78 is 42.2. The number of alkyl halides is 3. The molecule has 2 heterocycles. The van der Waals surface area contributed by atoms with E-state index in [1.807, 2.05) is 18.2 Å². The van der Waals surface area contributed by atoms with Gasteiger partial charge in [0, 0.05) is 31.3 Å². The van der Waals surface area contributed by atoms with E-state index in [1.165, 1.54) is 5.56 Å². The lowest BCUT2D eigenvalue weighted by atomic mass is 10.0. The maximum atomic E-state index is 10.6. The van der Waals surface area contributed by atoms with Crippen molar-refractivity contribution in [2.45, 2.75) is 12.7 Å². The van der Waals surface area contributed by atoms with E-state index in [0.717, 1.165) is 44.1 Å². The van der Waals surface area contributed by atoms with Crippen LogP contribution in [0.2, 0.25) is 0 Å². The summed E-state index contributed by atoms with van der Waals surface area (Å²) in [4.78, 5) is 11.3. The average molecular weight is 399 g/mol. The van der Waals surface area contributed by atoms with Gasteiger partial charge in [-0.25, -0.2) is 4.79 Å². The number of rotatable bonds is 4. The number of carbonyl (C=O) groups is 1. The van der Waals surface area contributed by atoms with Crippen LogP contribution < -0.4 is 4.74 Å². The van der Waals surface area contributed by atoms with Gasteiger partial charge in [0.25, 0.3) is 0 Å². The number of ether oxygens (including phenoxy) is 2. The molecule has 152 valence electrons. The van der Waals surface area contributed by atoms with Crippen molar-refractivity contribution in [3.8, 4) is 17.1 Å². The van der Waals surface area contributed by atoms with E-state index in [1.54, 1.807) is 7.11 Å². The number of nitrogens with zero attached hydrogens (tertiary/aromatic N) is 3. The van der Waals surface area contributed by atoms with E-state index in [4.69, 9.17) is 19.4 Å². The second-order valence-electron chi connectivity index (χ2n) is 5.81. The molecule has 1 fully saturated rings. The van der Waals surface area contributed by atoms with Crippen LogP contribution in [-0.4, -0.2) is 65.8 Å². The van der Waals surface area contributed by atoms with E-state index < -0.39 is 12.1 Å². The molecule has 1 aliphatic rings. The number of benzene rings is 1. The van der Waals surface area contributed by atoms with Crippen molar-refractivity contribution in [3.63, 3.8) is 0 Å². The molecule has 1 aromatic carbocycles. The number of aliphatic carboxylic acids is 1. The van der Waals surface area contributed by atoms with Gasteiger partial charge in [0.1, 0.15) is 0 Å². The maximum Gasteiger partial charge on any atom is 0.490 e. The van der Waals surface area contributed by atoms with Crippen LogP contribution >= 0.6 is 0 Å².